The van der Waals surface area contributed by atoms with Crippen molar-refractivity contribution < 1.29 is 4.79 Å². The van der Waals surface area contributed by atoms with Gasteiger partial charge in [-0.25, -0.2) is 0 Å². The first-order chi connectivity index (χ1) is 10.7. The second kappa shape index (κ2) is 8.14. The Morgan fingerprint density at radius 3 is 2.26 bits per heavy atom. The molecule has 1 atom stereocenters. The maximum Gasteiger partial charge on any atom is 0.224 e. The van der Waals surface area contributed by atoms with Crippen LogP contribution in [0.15, 0.2) is 54.6 Å². The van der Waals surface area contributed by atoms with Crippen molar-refractivity contribution in [1.82, 2.24) is 5.32 Å². The average molecular weight is 331 g/mol. The smallest absolute Gasteiger partial charge is 0.224 e. The third-order valence-corrected chi connectivity index (χ3v) is 4.19. The lowest BCUT2D eigenvalue weighted by Gasteiger charge is -2.11. The first-order valence-electron chi connectivity index (χ1n) is 7.89. The maximum atomic E-state index is 11.9. The lowest BCUT2D eigenvalue weighted by atomic mass is 10.0. The molecule has 23 heavy (non-hydrogen) atoms. The molecule has 0 bridgehead atoms. The van der Waals surface area contributed by atoms with Crippen molar-refractivity contribution in [3.05, 3.63) is 60.2 Å². The normalized spacial score (nSPS) is 14.7. The van der Waals surface area contributed by atoms with Crippen LogP contribution in [0.1, 0.15) is 18.4 Å². The third kappa shape index (κ3) is 5.08. The van der Waals surface area contributed by atoms with Crippen molar-refractivity contribution in [2.24, 2.45) is 11.7 Å². The van der Waals surface area contributed by atoms with Crippen LogP contribution in [0.3, 0.4) is 0 Å². The largest absolute Gasteiger partial charge is 0.354 e. The van der Waals surface area contributed by atoms with Crippen molar-refractivity contribution in [3.63, 3.8) is 0 Å². The van der Waals surface area contributed by atoms with Gasteiger partial charge in [-0.15, -0.1) is 12.4 Å². The van der Waals surface area contributed by atoms with E-state index in [0.717, 1.165) is 5.56 Å². The number of carbonyl (C=O) groups excluding carboxylic acids is 1. The van der Waals surface area contributed by atoms with Crippen LogP contribution in [0.2, 0.25) is 0 Å². The Morgan fingerprint density at radius 2 is 1.65 bits per heavy atom. The molecule has 1 amide bonds. The van der Waals surface area contributed by atoms with Crippen molar-refractivity contribution in [3.8, 4) is 11.1 Å². The van der Waals surface area contributed by atoms with Crippen molar-refractivity contribution in [1.29, 1.82) is 0 Å². The molecule has 122 valence electrons. The minimum absolute atomic E-state index is 0. The summed E-state index contributed by atoms with van der Waals surface area (Å²) in [6.45, 7) is 0.589. The molecule has 4 heteroatoms. The summed E-state index contributed by atoms with van der Waals surface area (Å²) in [4.78, 5) is 11.9. The van der Waals surface area contributed by atoms with Gasteiger partial charge in [0.2, 0.25) is 5.91 Å². The van der Waals surface area contributed by atoms with E-state index in [2.05, 4.69) is 29.6 Å². The predicted octanol–water partition coefficient (Wildman–Crippen LogP) is 3.17. The zero-order chi connectivity index (χ0) is 15.4. The number of nitrogens with one attached hydrogen (secondary N) is 1. The lowest BCUT2D eigenvalue weighted by molar-refractivity contribution is -0.120. The fourth-order valence-electron chi connectivity index (χ4n) is 2.62. The summed E-state index contributed by atoms with van der Waals surface area (Å²) in [7, 11) is 0. The topological polar surface area (TPSA) is 55.1 Å². The molecule has 2 aromatic rings. The van der Waals surface area contributed by atoms with Gasteiger partial charge in [-0.2, -0.15) is 0 Å². The van der Waals surface area contributed by atoms with Crippen LogP contribution in [0.25, 0.3) is 11.1 Å². The van der Waals surface area contributed by atoms with Crippen molar-refractivity contribution in [2.75, 3.05) is 6.54 Å². The molecular formula is C19H23ClN2O. The lowest BCUT2D eigenvalue weighted by Crippen LogP contribution is -2.39. The van der Waals surface area contributed by atoms with Gasteiger partial charge in [0, 0.05) is 12.6 Å². The number of hydrogen-bond acceptors (Lipinski definition) is 2. The Kier molecular flexibility index (Phi) is 6.20. The monoisotopic (exact) mass is 330 g/mol. The van der Waals surface area contributed by atoms with Gasteiger partial charge in [-0.3, -0.25) is 4.79 Å². The molecular weight excluding hydrogens is 308 g/mol. The SMILES string of the molecule is Cl.NC(CNC(=O)Cc1ccc(-c2ccccc2)cc1)C1CC1. The summed E-state index contributed by atoms with van der Waals surface area (Å²) in [6.07, 6.45) is 2.82. The minimum atomic E-state index is 0. The third-order valence-electron chi connectivity index (χ3n) is 4.19. The Hall–Kier alpha value is -1.84. The Balaban J connectivity index is 0.00000192. The van der Waals surface area contributed by atoms with E-state index in [1.54, 1.807) is 0 Å². The van der Waals surface area contributed by atoms with E-state index in [-0.39, 0.29) is 24.4 Å². The molecule has 2 aromatic carbocycles. The molecule has 1 unspecified atom stereocenters. The zero-order valence-electron chi connectivity index (χ0n) is 13.1. The summed E-state index contributed by atoms with van der Waals surface area (Å²) in [5.41, 5.74) is 9.37. The molecule has 1 fully saturated rings. The second-order valence-corrected chi connectivity index (χ2v) is 6.05. The first kappa shape index (κ1) is 17.5. The highest BCUT2D eigenvalue weighted by Gasteiger charge is 2.28. The number of carbonyl (C=O) groups is 1. The van der Waals surface area contributed by atoms with Crippen LogP contribution in [-0.4, -0.2) is 18.5 Å². The van der Waals surface area contributed by atoms with E-state index in [4.69, 9.17) is 5.73 Å². The molecule has 0 heterocycles. The van der Waals surface area contributed by atoms with Crippen LogP contribution < -0.4 is 11.1 Å². The molecule has 0 spiro atoms. The van der Waals surface area contributed by atoms with Gasteiger partial charge in [-0.1, -0.05) is 54.6 Å². The molecule has 3 rings (SSSR count). The van der Waals surface area contributed by atoms with Crippen LogP contribution in [0.4, 0.5) is 0 Å². The zero-order valence-corrected chi connectivity index (χ0v) is 13.9. The average Bonchev–Trinajstić information content (AvgIpc) is 3.39. The molecule has 0 aromatic heterocycles. The second-order valence-electron chi connectivity index (χ2n) is 6.05. The van der Waals surface area contributed by atoms with E-state index in [1.807, 2.05) is 30.3 Å². The molecule has 0 saturated heterocycles. The number of amides is 1. The quantitative estimate of drug-likeness (QED) is 0.854. The van der Waals surface area contributed by atoms with E-state index < -0.39 is 0 Å². The van der Waals surface area contributed by atoms with Crippen LogP contribution in [0.5, 0.6) is 0 Å². The summed E-state index contributed by atoms with van der Waals surface area (Å²) in [5.74, 6) is 0.661. The van der Waals surface area contributed by atoms with Gasteiger partial charge in [0.15, 0.2) is 0 Å². The molecule has 3 nitrogen and oxygen atoms in total. The van der Waals surface area contributed by atoms with Crippen LogP contribution >= 0.6 is 12.4 Å². The highest BCUT2D eigenvalue weighted by atomic mass is 35.5. The van der Waals surface area contributed by atoms with Gasteiger partial charge in [0.05, 0.1) is 6.42 Å². The van der Waals surface area contributed by atoms with E-state index in [9.17, 15) is 4.79 Å². The summed E-state index contributed by atoms with van der Waals surface area (Å²) in [5, 5.41) is 2.93. The van der Waals surface area contributed by atoms with Gasteiger partial charge in [-0.05, 0) is 35.4 Å². The number of hydrogen-bond donors (Lipinski definition) is 2. The Bertz CT molecular complexity index is 624. The molecule has 3 N–H and O–H groups in total. The number of nitrogens with two attached hydrogens (primary N) is 1. The fraction of sp³-hybridized carbons (Fsp3) is 0.316. The first-order valence-corrected chi connectivity index (χ1v) is 7.89. The molecule has 0 radical (unpaired) electrons. The fourth-order valence-corrected chi connectivity index (χ4v) is 2.62. The summed E-state index contributed by atoms with van der Waals surface area (Å²) in [6, 6.07) is 18.5. The van der Waals surface area contributed by atoms with Gasteiger partial charge in [0.25, 0.3) is 0 Å². The molecule has 1 saturated carbocycles. The number of benzene rings is 2. The van der Waals surface area contributed by atoms with Gasteiger partial charge < -0.3 is 11.1 Å². The molecule has 0 aliphatic heterocycles. The highest BCUT2D eigenvalue weighted by Crippen LogP contribution is 2.31. The highest BCUT2D eigenvalue weighted by molar-refractivity contribution is 5.85. The van der Waals surface area contributed by atoms with Crippen LogP contribution in [0, 0.1) is 5.92 Å². The predicted molar refractivity (Wildman–Crippen MR) is 96.5 cm³/mol. The standard InChI is InChI=1S/C19H22N2O.ClH/c20-18(17-10-11-17)13-21-19(22)12-14-6-8-16(9-7-14)15-4-2-1-3-5-15;/h1-9,17-18H,10-13,20H2,(H,21,22);1H. The molecule has 1 aliphatic carbocycles. The van der Waals surface area contributed by atoms with E-state index in [0.29, 0.717) is 18.9 Å². The number of rotatable bonds is 6. The van der Waals surface area contributed by atoms with Crippen molar-refractivity contribution >= 4 is 18.3 Å². The summed E-state index contributed by atoms with van der Waals surface area (Å²) < 4.78 is 0. The molecule has 1 aliphatic rings. The van der Waals surface area contributed by atoms with Crippen LogP contribution in [-0.2, 0) is 11.2 Å². The van der Waals surface area contributed by atoms with Gasteiger partial charge in [0.1, 0.15) is 0 Å². The number of halogens is 1. The Labute approximate surface area is 143 Å². The summed E-state index contributed by atoms with van der Waals surface area (Å²) >= 11 is 0. The van der Waals surface area contributed by atoms with E-state index in [1.165, 1.54) is 24.0 Å². The maximum absolute atomic E-state index is 11.9. The van der Waals surface area contributed by atoms with Gasteiger partial charge >= 0.3 is 0 Å². The Morgan fingerprint density at radius 1 is 1.04 bits per heavy atom. The minimum Gasteiger partial charge on any atom is -0.354 e. The van der Waals surface area contributed by atoms with E-state index >= 15 is 0 Å². The van der Waals surface area contributed by atoms with Crippen molar-refractivity contribution in [2.45, 2.75) is 25.3 Å².